The summed E-state index contributed by atoms with van der Waals surface area (Å²) in [6.07, 6.45) is 2.50. The van der Waals surface area contributed by atoms with Crippen LogP contribution >= 0.6 is 0 Å². The van der Waals surface area contributed by atoms with Gasteiger partial charge in [0, 0.05) is 35.6 Å². The van der Waals surface area contributed by atoms with Crippen LogP contribution in [0, 0.1) is 0 Å². The zero-order valence-corrected chi connectivity index (χ0v) is 14.2. The average Bonchev–Trinajstić information content (AvgIpc) is 2.63. The normalized spacial score (nSPS) is 14.0. The number of nitrogens with two attached hydrogens (primary N) is 1. The number of hydrogen-bond acceptors (Lipinski definition) is 3. The number of carbonyl (C=O) groups is 3. The summed E-state index contributed by atoms with van der Waals surface area (Å²) < 4.78 is 0. The highest BCUT2D eigenvalue weighted by atomic mass is 16.2. The molecule has 1 aliphatic heterocycles. The molecule has 0 saturated carbocycles. The number of carbonyl (C=O) groups excluding carboxylic acids is 3. The van der Waals surface area contributed by atoms with Crippen molar-refractivity contribution in [1.29, 1.82) is 0 Å². The second-order valence-corrected chi connectivity index (χ2v) is 6.07. The molecule has 0 spiro atoms. The van der Waals surface area contributed by atoms with Crippen LogP contribution in [0.2, 0.25) is 0 Å². The highest BCUT2D eigenvalue weighted by molar-refractivity contribution is 6.05. The molecule has 1 heterocycles. The lowest BCUT2D eigenvalue weighted by Gasteiger charge is -2.26. The monoisotopic (exact) mass is 352 g/mol. The summed E-state index contributed by atoms with van der Waals surface area (Å²) in [6, 6.07) is 13.0. The van der Waals surface area contributed by atoms with Crippen molar-refractivity contribution in [2.24, 2.45) is 5.73 Å². The first-order valence-electron chi connectivity index (χ1n) is 8.41. The molecular weight excluding hydrogens is 332 g/mol. The van der Waals surface area contributed by atoms with Crippen LogP contribution in [0.25, 0.3) is 0 Å². The van der Waals surface area contributed by atoms with E-state index in [2.05, 4.69) is 10.6 Å². The third-order valence-electron chi connectivity index (χ3n) is 4.17. The second-order valence-electron chi connectivity index (χ2n) is 6.07. The van der Waals surface area contributed by atoms with Crippen LogP contribution in [0.1, 0.15) is 29.6 Å². The van der Waals surface area contributed by atoms with E-state index in [0.29, 0.717) is 23.4 Å². The van der Waals surface area contributed by atoms with Gasteiger partial charge in [-0.2, -0.15) is 0 Å². The van der Waals surface area contributed by atoms with Crippen LogP contribution in [0.5, 0.6) is 0 Å². The smallest absolute Gasteiger partial charge is 0.316 e. The van der Waals surface area contributed by atoms with Crippen LogP contribution < -0.4 is 21.3 Å². The van der Waals surface area contributed by atoms with Gasteiger partial charge >= 0.3 is 6.03 Å². The van der Waals surface area contributed by atoms with Gasteiger partial charge in [0.25, 0.3) is 5.91 Å². The lowest BCUT2D eigenvalue weighted by Crippen LogP contribution is -2.35. The first-order valence-corrected chi connectivity index (χ1v) is 8.41. The number of piperidine rings is 1. The molecule has 7 heteroatoms. The van der Waals surface area contributed by atoms with E-state index in [1.54, 1.807) is 53.4 Å². The van der Waals surface area contributed by atoms with Crippen LogP contribution in [-0.4, -0.2) is 24.4 Å². The van der Waals surface area contributed by atoms with Gasteiger partial charge in [0.15, 0.2) is 0 Å². The minimum Gasteiger partial charge on any atom is -0.351 e. The standard InChI is InChI=1S/C19H20N4O3/c20-19(26)22-15-8-6-14(7-9-15)21-18(25)13-4-10-16(11-5-13)23-12-2-1-3-17(23)24/h4-11H,1-3,12H2,(H,21,25)(H3,20,22,26). The molecule has 0 bridgehead atoms. The Bertz CT molecular complexity index is 816. The van der Waals surface area contributed by atoms with Crippen molar-refractivity contribution in [3.63, 3.8) is 0 Å². The quantitative estimate of drug-likeness (QED) is 0.788. The minimum absolute atomic E-state index is 0.123. The Balaban J connectivity index is 1.64. The van der Waals surface area contributed by atoms with Crippen molar-refractivity contribution >= 4 is 34.9 Å². The summed E-state index contributed by atoms with van der Waals surface area (Å²) >= 11 is 0. The van der Waals surface area contributed by atoms with Gasteiger partial charge in [-0.1, -0.05) is 0 Å². The predicted octanol–water partition coefficient (Wildman–Crippen LogP) is 2.95. The van der Waals surface area contributed by atoms with E-state index in [9.17, 15) is 14.4 Å². The van der Waals surface area contributed by atoms with Crippen LogP contribution in [0.3, 0.4) is 0 Å². The molecule has 4 N–H and O–H groups in total. The van der Waals surface area contributed by atoms with Gasteiger partial charge in [-0.05, 0) is 61.4 Å². The number of benzene rings is 2. The summed E-state index contributed by atoms with van der Waals surface area (Å²) in [5.74, 6) is -0.129. The maximum Gasteiger partial charge on any atom is 0.316 e. The van der Waals surface area contributed by atoms with Crippen LogP contribution in [0.4, 0.5) is 21.9 Å². The zero-order chi connectivity index (χ0) is 18.5. The minimum atomic E-state index is -0.644. The number of urea groups is 1. The van der Waals surface area contributed by atoms with E-state index in [-0.39, 0.29) is 11.8 Å². The fourth-order valence-corrected chi connectivity index (χ4v) is 2.85. The van der Waals surface area contributed by atoms with E-state index < -0.39 is 6.03 Å². The average molecular weight is 352 g/mol. The number of rotatable bonds is 4. The van der Waals surface area contributed by atoms with Gasteiger partial charge in [0.1, 0.15) is 0 Å². The lowest BCUT2D eigenvalue weighted by molar-refractivity contribution is -0.119. The summed E-state index contributed by atoms with van der Waals surface area (Å²) in [5, 5.41) is 5.23. The van der Waals surface area contributed by atoms with Crippen molar-refractivity contribution in [2.75, 3.05) is 22.1 Å². The number of hydrogen-bond donors (Lipinski definition) is 3. The molecule has 0 atom stereocenters. The first kappa shape index (κ1) is 17.5. The third-order valence-corrected chi connectivity index (χ3v) is 4.17. The molecule has 3 rings (SSSR count). The highest BCUT2D eigenvalue weighted by Crippen LogP contribution is 2.22. The van der Waals surface area contributed by atoms with E-state index >= 15 is 0 Å². The molecule has 0 aromatic heterocycles. The largest absolute Gasteiger partial charge is 0.351 e. The first-order chi connectivity index (χ1) is 12.5. The number of nitrogens with one attached hydrogen (secondary N) is 2. The van der Waals surface area contributed by atoms with Gasteiger partial charge in [0.05, 0.1) is 0 Å². The van der Waals surface area contributed by atoms with Crippen molar-refractivity contribution in [2.45, 2.75) is 19.3 Å². The Hall–Kier alpha value is -3.35. The molecule has 2 aromatic carbocycles. The molecule has 7 nitrogen and oxygen atoms in total. The fourth-order valence-electron chi connectivity index (χ4n) is 2.85. The Labute approximate surface area is 151 Å². The molecule has 0 aliphatic carbocycles. The van der Waals surface area contributed by atoms with E-state index in [4.69, 9.17) is 5.73 Å². The van der Waals surface area contributed by atoms with Crippen molar-refractivity contribution < 1.29 is 14.4 Å². The van der Waals surface area contributed by atoms with Gasteiger partial charge < -0.3 is 21.3 Å². The molecule has 26 heavy (non-hydrogen) atoms. The van der Waals surface area contributed by atoms with Gasteiger partial charge in [-0.15, -0.1) is 0 Å². The maximum absolute atomic E-state index is 12.3. The maximum atomic E-state index is 12.3. The van der Waals surface area contributed by atoms with Crippen molar-refractivity contribution in [3.8, 4) is 0 Å². The highest BCUT2D eigenvalue weighted by Gasteiger charge is 2.19. The van der Waals surface area contributed by atoms with E-state index in [1.807, 2.05) is 0 Å². The van der Waals surface area contributed by atoms with E-state index in [1.165, 1.54) is 0 Å². The van der Waals surface area contributed by atoms with Gasteiger partial charge in [0.2, 0.25) is 5.91 Å². The summed E-state index contributed by atoms with van der Waals surface area (Å²) in [4.78, 5) is 36.9. The Morgan fingerprint density at radius 1 is 0.885 bits per heavy atom. The number of anilines is 3. The molecule has 4 amide bonds. The fraction of sp³-hybridized carbons (Fsp3) is 0.211. The third kappa shape index (κ3) is 4.18. The molecular formula is C19H20N4O3. The molecule has 1 fully saturated rings. The van der Waals surface area contributed by atoms with Gasteiger partial charge in [-0.3, -0.25) is 9.59 Å². The van der Waals surface area contributed by atoms with Crippen LogP contribution in [-0.2, 0) is 4.79 Å². The topological polar surface area (TPSA) is 105 Å². The van der Waals surface area contributed by atoms with Gasteiger partial charge in [-0.25, -0.2) is 4.79 Å². The summed E-state index contributed by atoms with van der Waals surface area (Å²) in [7, 11) is 0. The van der Waals surface area contributed by atoms with Crippen LogP contribution in [0.15, 0.2) is 48.5 Å². The Morgan fingerprint density at radius 3 is 2.08 bits per heavy atom. The number of primary amides is 1. The van der Waals surface area contributed by atoms with E-state index in [0.717, 1.165) is 25.1 Å². The van der Waals surface area contributed by atoms with Crippen molar-refractivity contribution in [3.05, 3.63) is 54.1 Å². The zero-order valence-electron chi connectivity index (χ0n) is 14.2. The Morgan fingerprint density at radius 2 is 1.50 bits per heavy atom. The molecule has 0 radical (unpaired) electrons. The molecule has 1 saturated heterocycles. The molecule has 2 aromatic rings. The van der Waals surface area contributed by atoms with Crippen molar-refractivity contribution in [1.82, 2.24) is 0 Å². The lowest BCUT2D eigenvalue weighted by atomic mass is 10.1. The number of amides is 4. The predicted molar refractivity (Wildman–Crippen MR) is 100 cm³/mol. The summed E-state index contributed by atoms with van der Waals surface area (Å²) in [6.45, 7) is 0.718. The molecule has 134 valence electrons. The second kappa shape index (κ2) is 7.69. The molecule has 0 unspecified atom stereocenters. The number of nitrogens with zero attached hydrogens (tertiary/aromatic N) is 1. The summed E-state index contributed by atoms with van der Waals surface area (Å²) in [5.41, 5.74) is 7.51. The SMILES string of the molecule is NC(=O)Nc1ccc(NC(=O)c2ccc(N3CCCCC3=O)cc2)cc1. The molecule has 1 aliphatic rings. The Kier molecular flexibility index (Phi) is 5.17.